The number of carbonyl (C=O) groups excluding carboxylic acids is 1. The number of likely N-dealkylation sites (tertiary alicyclic amines) is 2. The van der Waals surface area contributed by atoms with Crippen molar-refractivity contribution < 1.29 is 9.53 Å². The number of methoxy groups -OCH3 is 1. The van der Waals surface area contributed by atoms with Crippen LogP contribution in [0.25, 0.3) is 0 Å². The number of ether oxygens (including phenoxy) is 1. The molecule has 140 valence electrons. The highest BCUT2D eigenvalue weighted by Gasteiger charge is 2.27. The molecule has 0 spiro atoms. The van der Waals surface area contributed by atoms with Gasteiger partial charge in [0.25, 0.3) is 0 Å². The molecule has 1 atom stereocenters. The summed E-state index contributed by atoms with van der Waals surface area (Å²) in [6.45, 7) is 8.49. The average molecular weight is 452 g/mol. The molecule has 0 radical (unpaired) electrons. The van der Waals surface area contributed by atoms with Gasteiger partial charge in [0, 0.05) is 39.8 Å². The molecule has 2 aliphatic heterocycles. The number of esters is 1. The van der Waals surface area contributed by atoms with Crippen LogP contribution in [0.3, 0.4) is 0 Å². The molecule has 0 aliphatic carbocycles. The Balaban J connectivity index is 0.00000288. The Hall–Kier alpha value is -0.570. The lowest BCUT2D eigenvalue weighted by Gasteiger charge is -2.34. The van der Waals surface area contributed by atoms with Crippen LogP contribution in [0.5, 0.6) is 0 Å². The predicted molar refractivity (Wildman–Crippen MR) is 108 cm³/mol. The molecule has 7 heteroatoms. The summed E-state index contributed by atoms with van der Waals surface area (Å²) in [6.07, 6.45) is 4.37. The van der Waals surface area contributed by atoms with Crippen LogP contribution in [0.4, 0.5) is 0 Å². The lowest BCUT2D eigenvalue weighted by Crippen LogP contribution is -2.48. The fraction of sp³-hybridized carbons (Fsp3) is 0.882. The number of nitrogens with zero attached hydrogens (tertiary/aromatic N) is 3. The second-order valence-corrected chi connectivity index (χ2v) is 6.81. The fourth-order valence-corrected chi connectivity index (χ4v) is 3.64. The van der Waals surface area contributed by atoms with Crippen molar-refractivity contribution in [2.45, 2.75) is 32.6 Å². The predicted octanol–water partition coefficient (Wildman–Crippen LogP) is 1.80. The lowest BCUT2D eigenvalue weighted by molar-refractivity contribution is -0.146. The minimum Gasteiger partial charge on any atom is -0.469 e. The molecule has 0 saturated carbocycles. The quantitative estimate of drug-likeness (QED) is 0.305. The van der Waals surface area contributed by atoms with Gasteiger partial charge in [-0.2, -0.15) is 0 Å². The van der Waals surface area contributed by atoms with Gasteiger partial charge in [-0.3, -0.25) is 9.79 Å². The van der Waals surface area contributed by atoms with Crippen LogP contribution in [0.15, 0.2) is 4.99 Å². The maximum atomic E-state index is 11.6. The molecule has 0 aromatic rings. The van der Waals surface area contributed by atoms with E-state index < -0.39 is 0 Å². The number of piperidine rings is 2. The molecule has 6 nitrogen and oxygen atoms in total. The minimum atomic E-state index is -0.0770. The van der Waals surface area contributed by atoms with Crippen LogP contribution in [0.1, 0.15) is 32.6 Å². The van der Waals surface area contributed by atoms with Crippen molar-refractivity contribution >= 4 is 35.9 Å². The molecular weight excluding hydrogens is 419 g/mol. The molecule has 0 bridgehead atoms. The van der Waals surface area contributed by atoms with E-state index in [4.69, 9.17) is 4.74 Å². The standard InChI is InChI=1S/C17H32N4O2.HI/c1-14-5-4-9-20(13-14)12-8-19-17(18-2)21-10-6-15(7-11-21)16(22)23-3;/h14-15H,4-13H2,1-3H3,(H,18,19);1H. The number of rotatable bonds is 4. The maximum absolute atomic E-state index is 11.6. The van der Waals surface area contributed by atoms with Crippen LogP contribution >= 0.6 is 24.0 Å². The topological polar surface area (TPSA) is 57.2 Å². The van der Waals surface area contributed by atoms with Gasteiger partial charge in [-0.15, -0.1) is 24.0 Å². The van der Waals surface area contributed by atoms with Crippen molar-refractivity contribution in [3.63, 3.8) is 0 Å². The van der Waals surface area contributed by atoms with Crippen LogP contribution in [-0.2, 0) is 9.53 Å². The van der Waals surface area contributed by atoms with Crippen molar-refractivity contribution in [3.05, 3.63) is 0 Å². The lowest BCUT2D eigenvalue weighted by atomic mass is 9.97. The Kier molecular flexibility index (Phi) is 9.95. The van der Waals surface area contributed by atoms with Crippen LogP contribution < -0.4 is 5.32 Å². The van der Waals surface area contributed by atoms with Gasteiger partial charge < -0.3 is 19.9 Å². The summed E-state index contributed by atoms with van der Waals surface area (Å²) in [4.78, 5) is 20.8. The van der Waals surface area contributed by atoms with E-state index in [1.165, 1.54) is 33.0 Å². The van der Waals surface area contributed by atoms with Crippen molar-refractivity contribution in [2.24, 2.45) is 16.8 Å². The first-order valence-electron chi connectivity index (χ1n) is 8.89. The third kappa shape index (κ3) is 6.38. The average Bonchev–Trinajstić information content (AvgIpc) is 2.58. The van der Waals surface area contributed by atoms with Crippen LogP contribution in [0, 0.1) is 11.8 Å². The van der Waals surface area contributed by atoms with Crippen molar-refractivity contribution in [3.8, 4) is 0 Å². The molecule has 2 fully saturated rings. The second-order valence-electron chi connectivity index (χ2n) is 6.81. The number of guanidine groups is 1. The zero-order valence-electron chi connectivity index (χ0n) is 15.3. The highest BCUT2D eigenvalue weighted by molar-refractivity contribution is 14.0. The largest absolute Gasteiger partial charge is 0.469 e. The summed E-state index contributed by atoms with van der Waals surface area (Å²) in [5.41, 5.74) is 0. The third-order valence-corrected chi connectivity index (χ3v) is 4.99. The van der Waals surface area contributed by atoms with Crippen molar-refractivity contribution in [2.75, 3.05) is 53.4 Å². The SMILES string of the molecule is CN=C(NCCN1CCCC(C)C1)N1CCC(C(=O)OC)CC1.I. The Morgan fingerprint density at radius 1 is 1.25 bits per heavy atom. The Morgan fingerprint density at radius 2 is 1.96 bits per heavy atom. The number of carbonyl (C=O) groups is 1. The normalized spacial score (nSPS) is 23.5. The van der Waals surface area contributed by atoms with E-state index >= 15 is 0 Å². The van der Waals surface area contributed by atoms with Crippen LogP contribution in [-0.4, -0.2) is 75.2 Å². The smallest absolute Gasteiger partial charge is 0.308 e. The van der Waals surface area contributed by atoms with Gasteiger partial charge in [-0.1, -0.05) is 6.92 Å². The first-order chi connectivity index (χ1) is 11.1. The van der Waals surface area contributed by atoms with E-state index in [1.54, 1.807) is 0 Å². The first-order valence-corrected chi connectivity index (χ1v) is 8.89. The van der Waals surface area contributed by atoms with Crippen LogP contribution in [0.2, 0.25) is 0 Å². The van der Waals surface area contributed by atoms with Gasteiger partial charge in [-0.05, 0) is 38.1 Å². The summed E-state index contributed by atoms with van der Waals surface area (Å²) in [5, 5.41) is 3.48. The molecule has 1 unspecified atom stereocenters. The molecule has 2 rings (SSSR count). The molecule has 2 saturated heterocycles. The number of halogens is 1. The van der Waals surface area contributed by atoms with Gasteiger partial charge in [0.15, 0.2) is 5.96 Å². The molecule has 1 N–H and O–H groups in total. The zero-order chi connectivity index (χ0) is 16.7. The molecule has 24 heavy (non-hydrogen) atoms. The van der Waals surface area contributed by atoms with Gasteiger partial charge in [0.2, 0.25) is 0 Å². The monoisotopic (exact) mass is 452 g/mol. The van der Waals surface area contributed by atoms with Gasteiger partial charge in [-0.25, -0.2) is 0 Å². The molecular formula is C17H33IN4O2. The number of hydrogen-bond donors (Lipinski definition) is 1. The first kappa shape index (κ1) is 21.5. The summed E-state index contributed by atoms with van der Waals surface area (Å²) in [6, 6.07) is 0. The summed E-state index contributed by atoms with van der Waals surface area (Å²) >= 11 is 0. The van der Waals surface area contributed by atoms with E-state index in [-0.39, 0.29) is 35.9 Å². The van der Waals surface area contributed by atoms with Gasteiger partial charge >= 0.3 is 5.97 Å². The van der Waals surface area contributed by atoms with E-state index in [2.05, 4.69) is 27.0 Å². The third-order valence-electron chi connectivity index (χ3n) is 4.99. The zero-order valence-corrected chi connectivity index (χ0v) is 17.6. The highest BCUT2D eigenvalue weighted by atomic mass is 127. The summed E-state index contributed by atoms with van der Waals surface area (Å²) in [7, 11) is 3.30. The molecule has 0 aromatic heterocycles. The second kappa shape index (κ2) is 11.1. The number of aliphatic imine (C=N–C) groups is 1. The number of hydrogen-bond acceptors (Lipinski definition) is 4. The summed E-state index contributed by atoms with van der Waals surface area (Å²) in [5.74, 6) is 1.75. The summed E-state index contributed by atoms with van der Waals surface area (Å²) < 4.78 is 4.84. The molecule has 0 aromatic carbocycles. The molecule has 2 aliphatic rings. The van der Waals surface area contributed by atoms with E-state index in [0.29, 0.717) is 0 Å². The van der Waals surface area contributed by atoms with Gasteiger partial charge in [0.05, 0.1) is 13.0 Å². The minimum absolute atomic E-state index is 0. The Morgan fingerprint density at radius 3 is 2.54 bits per heavy atom. The molecule has 2 heterocycles. The Labute approximate surface area is 163 Å². The van der Waals surface area contributed by atoms with Crippen molar-refractivity contribution in [1.82, 2.24) is 15.1 Å². The maximum Gasteiger partial charge on any atom is 0.308 e. The van der Waals surface area contributed by atoms with E-state index in [9.17, 15) is 4.79 Å². The Bertz CT molecular complexity index is 411. The fourth-order valence-electron chi connectivity index (χ4n) is 3.64. The van der Waals surface area contributed by atoms with Gasteiger partial charge in [0.1, 0.15) is 0 Å². The van der Waals surface area contributed by atoms with E-state index in [0.717, 1.165) is 50.9 Å². The number of nitrogens with one attached hydrogen (secondary N) is 1. The van der Waals surface area contributed by atoms with Crippen molar-refractivity contribution in [1.29, 1.82) is 0 Å². The van der Waals surface area contributed by atoms with E-state index in [1.807, 2.05) is 7.05 Å². The molecule has 0 amide bonds. The highest BCUT2D eigenvalue weighted by Crippen LogP contribution is 2.18.